The van der Waals surface area contributed by atoms with Gasteiger partial charge < -0.3 is 4.42 Å². The molecule has 11 heteroatoms. The Kier molecular flexibility index (Phi) is 6.03. The fourth-order valence-corrected chi connectivity index (χ4v) is 4.38. The van der Waals surface area contributed by atoms with Crippen LogP contribution in [0.25, 0.3) is 11.3 Å². The number of hydrogen-bond donors (Lipinski definition) is 0. The molecule has 2 aromatic heterocycles. The topological polar surface area (TPSA) is 129 Å². The Labute approximate surface area is 180 Å². The van der Waals surface area contributed by atoms with Crippen LogP contribution in [0.1, 0.15) is 37.9 Å². The van der Waals surface area contributed by atoms with E-state index in [0.717, 1.165) is 25.7 Å². The molecular formula is C20H19N5O5S. The third kappa shape index (κ3) is 4.77. The van der Waals surface area contributed by atoms with Gasteiger partial charge in [-0.2, -0.15) is 5.10 Å². The average molecular weight is 441 g/mol. The summed E-state index contributed by atoms with van der Waals surface area (Å²) >= 11 is 1.40. The molecule has 0 aliphatic heterocycles. The van der Waals surface area contributed by atoms with E-state index >= 15 is 0 Å². The lowest BCUT2D eigenvalue weighted by molar-refractivity contribution is -0.402. The SMILES string of the molecule is O=[N+]([O-])c1cccc(-c2csc(=NC3CCCCC3)n2N=Cc2ccc([N+](=O)[O-])o2)c1. The van der Waals surface area contributed by atoms with Crippen molar-refractivity contribution < 1.29 is 14.3 Å². The van der Waals surface area contributed by atoms with Gasteiger partial charge in [-0.05, 0) is 18.9 Å². The van der Waals surface area contributed by atoms with Gasteiger partial charge in [0.25, 0.3) is 5.69 Å². The van der Waals surface area contributed by atoms with Crippen LogP contribution in [-0.2, 0) is 0 Å². The summed E-state index contributed by atoms with van der Waals surface area (Å²) in [7, 11) is 0. The molecule has 0 atom stereocenters. The highest BCUT2D eigenvalue weighted by atomic mass is 32.1. The minimum absolute atomic E-state index is 0.0216. The van der Waals surface area contributed by atoms with Crippen LogP contribution in [-0.4, -0.2) is 26.8 Å². The number of rotatable bonds is 6. The number of benzene rings is 1. The summed E-state index contributed by atoms with van der Waals surface area (Å²) in [6, 6.07) is 9.22. The second kappa shape index (κ2) is 9.04. The predicted molar refractivity (Wildman–Crippen MR) is 115 cm³/mol. The lowest BCUT2D eigenvalue weighted by atomic mass is 9.96. The normalized spacial score (nSPS) is 15.5. The van der Waals surface area contributed by atoms with Gasteiger partial charge in [0.05, 0.1) is 28.9 Å². The molecule has 160 valence electrons. The molecule has 0 N–H and O–H groups in total. The quantitative estimate of drug-likeness (QED) is 0.310. The molecule has 0 saturated heterocycles. The van der Waals surface area contributed by atoms with Gasteiger partial charge in [0.1, 0.15) is 4.92 Å². The van der Waals surface area contributed by atoms with E-state index in [0.29, 0.717) is 16.1 Å². The average Bonchev–Trinajstić information content (AvgIpc) is 3.40. The van der Waals surface area contributed by atoms with Gasteiger partial charge in [0, 0.05) is 23.1 Å². The van der Waals surface area contributed by atoms with Crippen molar-refractivity contribution in [2.45, 2.75) is 38.1 Å². The molecule has 31 heavy (non-hydrogen) atoms. The first-order valence-corrected chi connectivity index (χ1v) is 10.7. The molecule has 1 fully saturated rings. The van der Waals surface area contributed by atoms with E-state index in [-0.39, 0.29) is 23.4 Å². The molecule has 1 aromatic carbocycles. The minimum atomic E-state index is -0.618. The Morgan fingerprint density at radius 1 is 1.10 bits per heavy atom. The molecule has 1 saturated carbocycles. The Hall–Kier alpha value is -3.60. The maximum Gasteiger partial charge on any atom is 0.433 e. The molecule has 1 aliphatic rings. The number of aromatic nitrogens is 1. The van der Waals surface area contributed by atoms with Gasteiger partial charge in [0.2, 0.25) is 4.80 Å². The number of hydrogen-bond acceptors (Lipinski definition) is 8. The molecule has 3 aromatic rings. The summed E-state index contributed by atoms with van der Waals surface area (Å²) < 4.78 is 6.75. The molecule has 0 spiro atoms. The van der Waals surface area contributed by atoms with Crippen LogP contribution in [0.4, 0.5) is 11.6 Å². The van der Waals surface area contributed by atoms with E-state index in [1.807, 2.05) is 5.38 Å². The van der Waals surface area contributed by atoms with Gasteiger partial charge >= 0.3 is 5.88 Å². The number of nitrogens with zero attached hydrogens (tertiary/aromatic N) is 5. The molecule has 10 nitrogen and oxygen atoms in total. The van der Waals surface area contributed by atoms with Crippen molar-refractivity contribution >= 4 is 29.1 Å². The summed E-state index contributed by atoms with van der Waals surface area (Å²) in [6.45, 7) is 0. The van der Waals surface area contributed by atoms with Crippen LogP contribution >= 0.6 is 11.3 Å². The van der Waals surface area contributed by atoms with Gasteiger partial charge in [-0.3, -0.25) is 25.2 Å². The summed E-state index contributed by atoms with van der Waals surface area (Å²) in [4.78, 5) is 26.5. The highest BCUT2D eigenvalue weighted by Gasteiger charge is 2.16. The van der Waals surface area contributed by atoms with Gasteiger partial charge in [-0.15, -0.1) is 11.3 Å². The summed E-state index contributed by atoms with van der Waals surface area (Å²) in [5.41, 5.74) is 1.24. The van der Waals surface area contributed by atoms with Crippen molar-refractivity contribution in [3.8, 4) is 11.3 Å². The molecule has 0 bridgehead atoms. The summed E-state index contributed by atoms with van der Waals surface area (Å²) in [5.74, 6) is -0.151. The molecule has 2 heterocycles. The Bertz CT molecular complexity index is 1200. The predicted octanol–water partition coefficient (Wildman–Crippen LogP) is 4.74. The number of thiazole rings is 1. The van der Waals surface area contributed by atoms with E-state index in [1.165, 1.54) is 48.2 Å². The van der Waals surface area contributed by atoms with Crippen molar-refractivity contribution in [3.05, 3.63) is 72.6 Å². The van der Waals surface area contributed by atoms with Gasteiger partial charge in [-0.1, -0.05) is 31.4 Å². The first-order valence-electron chi connectivity index (χ1n) is 9.79. The largest absolute Gasteiger partial charge is 0.433 e. The number of furan rings is 1. The van der Waals surface area contributed by atoms with E-state index in [2.05, 4.69) is 5.10 Å². The standard InChI is InChI=1S/C20H19N5O5S/c26-24(27)16-8-4-5-14(11-16)18-13-31-20(22-15-6-2-1-3-7-15)23(18)21-12-17-9-10-19(30-17)25(28)29/h4-5,8-13,15H,1-3,6-7H2. The van der Waals surface area contributed by atoms with Crippen LogP contribution in [0, 0.1) is 20.2 Å². The second-order valence-corrected chi connectivity index (χ2v) is 7.96. The number of nitro benzene ring substituents is 1. The van der Waals surface area contributed by atoms with E-state index in [9.17, 15) is 20.2 Å². The van der Waals surface area contributed by atoms with Crippen LogP contribution < -0.4 is 4.80 Å². The maximum absolute atomic E-state index is 11.2. The zero-order valence-corrected chi connectivity index (χ0v) is 17.2. The van der Waals surface area contributed by atoms with E-state index < -0.39 is 9.85 Å². The smallest absolute Gasteiger partial charge is 0.400 e. The van der Waals surface area contributed by atoms with Crippen molar-refractivity contribution in [1.29, 1.82) is 0 Å². The third-order valence-corrected chi connectivity index (χ3v) is 5.83. The van der Waals surface area contributed by atoms with Gasteiger partial charge in [0.15, 0.2) is 5.76 Å². The highest BCUT2D eigenvalue weighted by Crippen LogP contribution is 2.25. The molecule has 0 radical (unpaired) electrons. The van der Waals surface area contributed by atoms with Crippen LogP contribution in [0.3, 0.4) is 0 Å². The fourth-order valence-electron chi connectivity index (χ4n) is 3.47. The lowest BCUT2D eigenvalue weighted by Gasteiger charge is -2.16. The van der Waals surface area contributed by atoms with Crippen molar-refractivity contribution in [1.82, 2.24) is 4.68 Å². The highest BCUT2D eigenvalue weighted by molar-refractivity contribution is 7.07. The lowest BCUT2D eigenvalue weighted by Crippen LogP contribution is -2.19. The minimum Gasteiger partial charge on any atom is -0.400 e. The fraction of sp³-hybridized carbons (Fsp3) is 0.300. The maximum atomic E-state index is 11.2. The molecule has 4 rings (SSSR count). The zero-order valence-electron chi connectivity index (χ0n) is 16.4. The van der Waals surface area contributed by atoms with Crippen LogP contribution in [0.15, 0.2) is 56.3 Å². The second-order valence-electron chi connectivity index (χ2n) is 7.12. The van der Waals surface area contributed by atoms with E-state index in [1.54, 1.807) is 16.8 Å². The first-order chi connectivity index (χ1) is 15.0. The van der Waals surface area contributed by atoms with Crippen molar-refractivity contribution in [3.63, 3.8) is 0 Å². The summed E-state index contributed by atoms with van der Waals surface area (Å²) in [5, 5.41) is 28.3. The van der Waals surface area contributed by atoms with Crippen molar-refractivity contribution in [2.24, 2.45) is 10.1 Å². The van der Waals surface area contributed by atoms with Gasteiger partial charge in [-0.25, -0.2) is 4.68 Å². The number of non-ortho nitro benzene ring substituents is 1. The molecule has 0 unspecified atom stereocenters. The Morgan fingerprint density at radius 2 is 1.90 bits per heavy atom. The van der Waals surface area contributed by atoms with Crippen molar-refractivity contribution in [2.75, 3.05) is 0 Å². The van der Waals surface area contributed by atoms with Crippen LogP contribution in [0.2, 0.25) is 0 Å². The molecular weight excluding hydrogens is 422 g/mol. The zero-order chi connectivity index (χ0) is 21.8. The van der Waals surface area contributed by atoms with Crippen LogP contribution in [0.5, 0.6) is 0 Å². The Balaban J connectivity index is 1.77. The van der Waals surface area contributed by atoms with E-state index in [4.69, 9.17) is 9.41 Å². The molecule has 1 aliphatic carbocycles. The first kappa shape index (κ1) is 20.7. The molecule has 0 amide bonds. The monoisotopic (exact) mass is 441 g/mol. The Morgan fingerprint density at radius 3 is 2.61 bits per heavy atom. The third-order valence-electron chi connectivity index (χ3n) is 5.00. The number of nitro groups is 2. The summed E-state index contributed by atoms with van der Waals surface area (Å²) in [6.07, 6.45) is 6.88.